The maximum absolute atomic E-state index is 12.4. The zero-order chi connectivity index (χ0) is 19.2. The summed E-state index contributed by atoms with van der Waals surface area (Å²) in [5.74, 6) is -0.404. The molecule has 142 valence electrons. The molecular weight excluding hydrogens is 344 g/mol. The van der Waals surface area contributed by atoms with Crippen LogP contribution in [0, 0.1) is 19.8 Å². The van der Waals surface area contributed by atoms with E-state index in [0.717, 1.165) is 16.7 Å². The lowest BCUT2D eigenvalue weighted by Crippen LogP contribution is -2.47. The molecule has 2 aromatic carbocycles. The van der Waals surface area contributed by atoms with Crippen molar-refractivity contribution < 1.29 is 14.3 Å². The van der Waals surface area contributed by atoms with E-state index < -0.39 is 5.91 Å². The Balaban J connectivity index is 1.48. The van der Waals surface area contributed by atoms with Crippen LogP contribution < -0.4 is 26.4 Å². The summed E-state index contributed by atoms with van der Waals surface area (Å²) in [5, 5.41) is 0. The molecule has 1 saturated heterocycles. The molecule has 1 aliphatic rings. The maximum atomic E-state index is 12.4. The largest absolute Gasteiger partial charge is 0.484 e. The Hall–Kier alpha value is -2.90. The van der Waals surface area contributed by atoms with Gasteiger partial charge in [0.25, 0.3) is 5.91 Å². The van der Waals surface area contributed by atoms with Gasteiger partial charge in [-0.25, -0.2) is 5.43 Å². The number of amides is 2. The second kappa shape index (κ2) is 8.66. The molecule has 2 unspecified atom stereocenters. The number of aryl methyl sites for hydroxylation is 2. The standard InChI is InChI=1S/C20H24N4O3/c1-13-8-9-16(10-14(13)2)27-12-18(25)22-24-20(26)17-11-21-23-19(17)15-6-4-3-5-7-15/h3-10,17,19,21,23H,11-12H2,1-2H3,(H,22,25)(H,24,26). The summed E-state index contributed by atoms with van der Waals surface area (Å²) in [6.45, 7) is 4.29. The molecule has 7 nitrogen and oxygen atoms in total. The van der Waals surface area contributed by atoms with Crippen molar-refractivity contribution in [3.05, 3.63) is 65.2 Å². The van der Waals surface area contributed by atoms with Crippen LogP contribution in [0.3, 0.4) is 0 Å². The molecule has 3 rings (SSSR count). The molecule has 2 atom stereocenters. The van der Waals surface area contributed by atoms with Crippen LogP contribution in [0.4, 0.5) is 0 Å². The first-order chi connectivity index (χ1) is 13.0. The van der Waals surface area contributed by atoms with Gasteiger partial charge in [0.1, 0.15) is 5.75 Å². The Morgan fingerprint density at radius 2 is 1.85 bits per heavy atom. The molecule has 0 radical (unpaired) electrons. The Morgan fingerprint density at radius 3 is 2.59 bits per heavy atom. The predicted octanol–water partition coefficient (Wildman–Crippen LogP) is 1.29. The molecule has 1 fully saturated rings. The van der Waals surface area contributed by atoms with Crippen molar-refractivity contribution in [1.29, 1.82) is 0 Å². The van der Waals surface area contributed by atoms with Crippen LogP contribution in [0.2, 0.25) is 0 Å². The first kappa shape index (κ1) is 18.9. The van der Waals surface area contributed by atoms with Crippen molar-refractivity contribution >= 4 is 11.8 Å². The average Bonchev–Trinajstić information content (AvgIpc) is 3.17. The highest BCUT2D eigenvalue weighted by Gasteiger charge is 2.34. The quantitative estimate of drug-likeness (QED) is 0.597. The van der Waals surface area contributed by atoms with Crippen LogP contribution in [0.1, 0.15) is 22.7 Å². The number of benzene rings is 2. The molecule has 7 heteroatoms. The Labute approximate surface area is 158 Å². The predicted molar refractivity (Wildman–Crippen MR) is 102 cm³/mol. The van der Waals surface area contributed by atoms with E-state index in [4.69, 9.17) is 4.74 Å². The summed E-state index contributed by atoms with van der Waals surface area (Å²) in [5.41, 5.74) is 14.2. The van der Waals surface area contributed by atoms with Gasteiger partial charge in [0.2, 0.25) is 5.91 Å². The van der Waals surface area contributed by atoms with E-state index in [2.05, 4.69) is 21.7 Å². The van der Waals surface area contributed by atoms with Gasteiger partial charge in [0.05, 0.1) is 12.0 Å². The summed E-state index contributed by atoms with van der Waals surface area (Å²) in [6, 6.07) is 15.2. The number of carbonyl (C=O) groups excluding carboxylic acids is 2. The van der Waals surface area contributed by atoms with E-state index in [-0.39, 0.29) is 24.5 Å². The molecule has 2 amide bonds. The molecule has 2 aromatic rings. The Bertz CT molecular complexity index is 810. The summed E-state index contributed by atoms with van der Waals surface area (Å²) >= 11 is 0. The van der Waals surface area contributed by atoms with Crippen molar-refractivity contribution in [3.63, 3.8) is 0 Å². The SMILES string of the molecule is Cc1ccc(OCC(=O)NNC(=O)C2CNNC2c2ccccc2)cc1C. The van der Waals surface area contributed by atoms with Gasteiger partial charge in [-0.1, -0.05) is 36.4 Å². The number of ether oxygens (including phenoxy) is 1. The lowest BCUT2D eigenvalue weighted by Gasteiger charge is -2.18. The van der Waals surface area contributed by atoms with Gasteiger partial charge in [0, 0.05) is 6.54 Å². The molecule has 0 aliphatic carbocycles. The Kier molecular flexibility index (Phi) is 6.05. The lowest BCUT2D eigenvalue weighted by molar-refractivity contribution is -0.132. The van der Waals surface area contributed by atoms with Crippen LogP contribution in [-0.4, -0.2) is 25.0 Å². The van der Waals surface area contributed by atoms with E-state index in [9.17, 15) is 9.59 Å². The fourth-order valence-electron chi connectivity index (χ4n) is 2.93. The van der Waals surface area contributed by atoms with Crippen LogP contribution in [0.25, 0.3) is 0 Å². The zero-order valence-electron chi connectivity index (χ0n) is 15.4. The summed E-state index contributed by atoms with van der Waals surface area (Å²) in [6.07, 6.45) is 0. The van der Waals surface area contributed by atoms with E-state index in [0.29, 0.717) is 12.3 Å². The lowest BCUT2D eigenvalue weighted by atomic mass is 9.94. The van der Waals surface area contributed by atoms with E-state index in [1.54, 1.807) is 0 Å². The molecule has 4 N–H and O–H groups in total. The number of rotatable bonds is 5. The second-order valence-corrected chi connectivity index (χ2v) is 6.59. The number of hydrogen-bond donors (Lipinski definition) is 4. The van der Waals surface area contributed by atoms with Gasteiger partial charge >= 0.3 is 0 Å². The summed E-state index contributed by atoms with van der Waals surface area (Å²) < 4.78 is 5.46. The minimum absolute atomic E-state index is 0.158. The number of carbonyl (C=O) groups is 2. The fraction of sp³-hybridized carbons (Fsp3) is 0.300. The highest BCUT2D eigenvalue weighted by Crippen LogP contribution is 2.24. The molecule has 1 heterocycles. The van der Waals surface area contributed by atoms with Crippen molar-refractivity contribution in [1.82, 2.24) is 21.7 Å². The average molecular weight is 368 g/mol. The van der Waals surface area contributed by atoms with Crippen molar-refractivity contribution in [3.8, 4) is 5.75 Å². The van der Waals surface area contributed by atoms with E-state index in [1.807, 2.05) is 62.4 Å². The molecule has 0 aromatic heterocycles. The van der Waals surface area contributed by atoms with Crippen LogP contribution in [0.5, 0.6) is 5.75 Å². The van der Waals surface area contributed by atoms with Crippen LogP contribution in [-0.2, 0) is 9.59 Å². The van der Waals surface area contributed by atoms with Crippen LogP contribution >= 0.6 is 0 Å². The van der Waals surface area contributed by atoms with E-state index >= 15 is 0 Å². The maximum Gasteiger partial charge on any atom is 0.276 e. The zero-order valence-corrected chi connectivity index (χ0v) is 15.4. The highest BCUT2D eigenvalue weighted by molar-refractivity contribution is 5.84. The molecular formula is C20H24N4O3. The van der Waals surface area contributed by atoms with Gasteiger partial charge in [-0.05, 0) is 42.7 Å². The molecule has 1 aliphatic heterocycles. The number of hydrazine groups is 2. The topological polar surface area (TPSA) is 91.5 Å². The van der Waals surface area contributed by atoms with Crippen molar-refractivity contribution in [2.75, 3.05) is 13.2 Å². The minimum atomic E-state index is -0.420. The molecule has 0 bridgehead atoms. The van der Waals surface area contributed by atoms with Gasteiger partial charge in [-0.3, -0.25) is 25.9 Å². The van der Waals surface area contributed by atoms with Gasteiger partial charge in [-0.15, -0.1) is 0 Å². The van der Waals surface area contributed by atoms with E-state index in [1.165, 1.54) is 0 Å². The summed E-state index contributed by atoms with van der Waals surface area (Å²) in [7, 11) is 0. The Morgan fingerprint density at radius 1 is 1.07 bits per heavy atom. The highest BCUT2D eigenvalue weighted by atomic mass is 16.5. The smallest absolute Gasteiger partial charge is 0.276 e. The third-order valence-electron chi connectivity index (χ3n) is 4.65. The monoisotopic (exact) mass is 368 g/mol. The third kappa shape index (κ3) is 4.84. The number of nitrogens with one attached hydrogen (secondary N) is 4. The first-order valence-corrected chi connectivity index (χ1v) is 8.86. The minimum Gasteiger partial charge on any atom is -0.484 e. The molecule has 0 spiro atoms. The summed E-state index contributed by atoms with van der Waals surface area (Å²) in [4.78, 5) is 24.4. The van der Waals surface area contributed by atoms with Gasteiger partial charge < -0.3 is 4.74 Å². The van der Waals surface area contributed by atoms with Gasteiger partial charge in [-0.2, -0.15) is 0 Å². The van der Waals surface area contributed by atoms with Crippen molar-refractivity contribution in [2.24, 2.45) is 5.92 Å². The molecule has 27 heavy (non-hydrogen) atoms. The fourth-order valence-corrected chi connectivity index (χ4v) is 2.93. The van der Waals surface area contributed by atoms with Crippen LogP contribution in [0.15, 0.2) is 48.5 Å². The van der Waals surface area contributed by atoms with Crippen molar-refractivity contribution in [2.45, 2.75) is 19.9 Å². The first-order valence-electron chi connectivity index (χ1n) is 8.86. The van der Waals surface area contributed by atoms with Gasteiger partial charge in [0.15, 0.2) is 6.61 Å². The third-order valence-corrected chi connectivity index (χ3v) is 4.65. The normalized spacial score (nSPS) is 18.7. The number of hydrogen-bond acceptors (Lipinski definition) is 5. The molecule has 0 saturated carbocycles. The second-order valence-electron chi connectivity index (χ2n) is 6.59.